The molecule has 168 valence electrons. The van der Waals surface area contributed by atoms with Crippen molar-refractivity contribution in [2.75, 3.05) is 0 Å². The third-order valence-corrected chi connectivity index (χ3v) is 7.13. The van der Waals surface area contributed by atoms with Crippen LogP contribution in [0.15, 0.2) is 76.5 Å². The normalized spacial score (nSPS) is 16.2. The Morgan fingerprint density at radius 3 is 2.70 bits per heavy atom. The molecule has 5 rings (SSSR count). The zero-order valence-corrected chi connectivity index (χ0v) is 19.5. The first-order valence-electron chi connectivity index (χ1n) is 11.2. The Balaban J connectivity index is 1.40. The van der Waals surface area contributed by atoms with Gasteiger partial charge in [0, 0.05) is 5.69 Å². The van der Waals surface area contributed by atoms with Gasteiger partial charge in [0.25, 0.3) is 0 Å². The summed E-state index contributed by atoms with van der Waals surface area (Å²) in [5, 5.41) is 12.5. The molecule has 0 saturated carbocycles. The van der Waals surface area contributed by atoms with Crippen molar-refractivity contribution in [3.63, 3.8) is 0 Å². The Labute approximate surface area is 197 Å². The van der Waals surface area contributed by atoms with Crippen molar-refractivity contribution in [3.05, 3.63) is 83.8 Å². The maximum atomic E-state index is 13.2. The minimum atomic E-state index is -0.330. The summed E-state index contributed by atoms with van der Waals surface area (Å²) < 4.78 is 7.49. The lowest BCUT2D eigenvalue weighted by Crippen LogP contribution is -2.36. The molecule has 33 heavy (non-hydrogen) atoms. The Hall–Kier alpha value is -3.32. The summed E-state index contributed by atoms with van der Waals surface area (Å²) >= 11 is 1.41. The molecule has 0 spiro atoms. The zero-order valence-electron chi connectivity index (χ0n) is 18.7. The molecule has 2 aromatic heterocycles. The van der Waals surface area contributed by atoms with E-state index < -0.39 is 0 Å². The number of fused-ring (bicyclic) bond motifs is 1. The SMILES string of the molecule is Cc1occc1-c1nnc(S[C@@H](C)C(=O)N[C@@H]2CCCc3ccccc32)n1-c1ccccc1. The van der Waals surface area contributed by atoms with Crippen LogP contribution < -0.4 is 5.32 Å². The van der Waals surface area contributed by atoms with E-state index in [-0.39, 0.29) is 17.2 Å². The van der Waals surface area contributed by atoms with Crippen molar-refractivity contribution in [1.82, 2.24) is 20.1 Å². The van der Waals surface area contributed by atoms with E-state index in [9.17, 15) is 4.79 Å². The zero-order chi connectivity index (χ0) is 22.8. The molecule has 0 saturated heterocycles. The summed E-state index contributed by atoms with van der Waals surface area (Å²) in [7, 11) is 0. The van der Waals surface area contributed by atoms with Crippen LogP contribution in [0.4, 0.5) is 0 Å². The Bertz CT molecular complexity index is 1260. The lowest BCUT2D eigenvalue weighted by molar-refractivity contribution is -0.121. The van der Waals surface area contributed by atoms with Gasteiger partial charge in [-0.05, 0) is 62.4 Å². The van der Waals surface area contributed by atoms with Crippen LogP contribution in [-0.2, 0) is 11.2 Å². The minimum absolute atomic E-state index is 0.00496. The number of hydrogen-bond donors (Lipinski definition) is 1. The predicted molar refractivity (Wildman–Crippen MR) is 129 cm³/mol. The van der Waals surface area contributed by atoms with Crippen LogP contribution in [-0.4, -0.2) is 25.9 Å². The monoisotopic (exact) mass is 458 g/mol. The fourth-order valence-electron chi connectivity index (χ4n) is 4.35. The second kappa shape index (κ2) is 9.27. The van der Waals surface area contributed by atoms with Gasteiger partial charge in [0.15, 0.2) is 11.0 Å². The number of aromatic nitrogens is 3. The van der Waals surface area contributed by atoms with E-state index in [1.807, 2.05) is 60.9 Å². The minimum Gasteiger partial charge on any atom is -0.469 e. The molecule has 4 aromatic rings. The van der Waals surface area contributed by atoms with E-state index in [0.29, 0.717) is 11.0 Å². The standard InChI is InChI=1S/C26H26N4O2S/c1-17-21(15-16-32-17)24-28-29-26(30(24)20-11-4-3-5-12-20)33-18(2)25(31)27-23-14-8-10-19-9-6-7-13-22(19)23/h3-7,9,11-13,15-16,18,23H,8,10,14H2,1-2H3,(H,27,31)/t18-,23+/m0/s1. The van der Waals surface area contributed by atoms with E-state index in [2.05, 4.69) is 33.7 Å². The van der Waals surface area contributed by atoms with Gasteiger partial charge < -0.3 is 9.73 Å². The molecule has 7 heteroatoms. The molecule has 2 atom stereocenters. The number of benzene rings is 2. The Morgan fingerprint density at radius 2 is 1.91 bits per heavy atom. The van der Waals surface area contributed by atoms with Crippen LogP contribution in [0.3, 0.4) is 0 Å². The summed E-state index contributed by atoms with van der Waals surface area (Å²) in [5.41, 5.74) is 4.39. The van der Waals surface area contributed by atoms with Gasteiger partial charge in [0.1, 0.15) is 5.76 Å². The fourth-order valence-corrected chi connectivity index (χ4v) is 5.23. The lowest BCUT2D eigenvalue weighted by Gasteiger charge is -2.27. The van der Waals surface area contributed by atoms with Crippen molar-refractivity contribution in [2.45, 2.75) is 49.6 Å². The second-order valence-corrected chi connectivity index (χ2v) is 9.59. The van der Waals surface area contributed by atoms with E-state index in [1.165, 1.54) is 22.9 Å². The molecule has 6 nitrogen and oxygen atoms in total. The first kappa shape index (κ1) is 21.5. The first-order valence-corrected chi connectivity index (χ1v) is 12.1. The number of thioether (sulfide) groups is 1. The maximum Gasteiger partial charge on any atom is 0.233 e. The highest BCUT2D eigenvalue weighted by molar-refractivity contribution is 8.00. The Kier molecular flexibility index (Phi) is 6.05. The van der Waals surface area contributed by atoms with Crippen LogP contribution in [0.25, 0.3) is 17.1 Å². The molecule has 0 fully saturated rings. The van der Waals surface area contributed by atoms with E-state index in [0.717, 1.165) is 36.3 Å². The van der Waals surface area contributed by atoms with Gasteiger partial charge in [-0.15, -0.1) is 10.2 Å². The summed E-state index contributed by atoms with van der Waals surface area (Å²) in [5.74, 6) is 1.48. The molecule has 1 aliphatic rings. The lowest BCUT2D eigenvalue weighted by atomic mass is 9.88. The quantitative estimate of drug-likeness (QED) is 0.386. The average molecular weight is 459 g/mol. The summed E-state index contributed by atoms with van der Waals surface area (Å²) in [4.78, 5) is 13.2. The topological polar surface area (TPSA) is 72.9 Å². The number of carbonyl (C=O) groups excluding carboxylic acids is 1. The fraction of sp³-hybridized carbons (Fsp3) is 0.269. The van der Waals surface area contributed by atoms with Gasteiger partial charge in [-0.1, -0.05) is 54.2 Å². The summed E-state index contributed by atoms with van der Waals surface area (Å²) in [6, 6.07) is 20.3. The van der Waals surface area contributed by atoms with E-state index >= 15 is 0 Å². The van der Waals surface area contributed by atoms with Gasteiger partial charge in [0.05, 0.1) is 23.1 Å². The highest BCUT2D eigenvalue weighted by Crippen LogP contribution is 2.33. The molecular weight excluding hydrogens is 432 g/mol. The number of nitrogens with one attached hydrogen (secondary N) is 1. The van der Waals surface area contributed by atoms with E-state index in [1.54, 1.807) is 6.26 Å². The molecule has 0 unspecified atom stereocenters. The highest BCUT2D eigenvalue weighted by atomic mass is 32.2. The van der Waals surface area contributed by atoms with Crippen molar-refractivity contribution in [3.8, 4) is 17.1 Å². The van der Waals surface area contributed by atoms with Crippen molar-refractivity contribution in [1.29, 1.82) is 0 Å². The third kappa shape index (κ3) is 4.33. The smallest absolute Gasteiger partial charge is 0.233 e. The van der Waals surface area contributed by atoms with Gasteiger partial charge in [-0.2, -0.15) is 0 Å². The number of hydrogen-bond acceptors (Lipinski definition) is 5. The number of aryl methyl sites for hydroxylation is 2. The number of furan rings is 1. The number of carbonyl (C=O) groups is 1. The van der Waals surface area contributed by atoms with Crippen LogP contribution in [0, 0.1) is 6.92 Å². The average Bonchev–Trinajstić information content (AvgIpc) is 3.45. The summed E-state index contributed by atoms with van der Waals surface area (Å²) in [6.07, 6.45) is 4.77. The van der Waals surface area contributed by atoms with Crippen LogP contribution in [0.2, 0.25) is 0 Å². The van der Waals surface area contributed by atoms with Crippen molar-refractivity contribution in [2.24, 2.45) is 0 Å². The third-order valence-electron chi connectivity index (χ3n) is 6.08. The molecule has 2 aromatic carbocycles. The van der Waals surface area contributed by atoms with Gasteiger partial charge in [-0.3, -0.25) is 9.36 Å². The van der Waals surface area contributed by atoms with Crippen LogP contribution in [0.1, 0.15) is 42.7 Å². The van der Waals surface area contributed by atoms with Crippen molar-refractivity contribution < 1.29 is 9.21 Å². The molecule has 2 heterocycles. The number of nitrogens with zero attached hydrogens (tertiary/aromatic N) is 3. The van der Waals surface area contributed by atoms with Crippen molar-refractivity contribution >= 4 is 17.7 Å². The largest absolute Gasteiger partial charge is 0.469 e. The maximum absolute atomic E-state index is 13.2. The first-order chi connectivity index (χ1) is 16.1. The number of amides is 1. The number of rotatable bonds is 6. The van der Waals surface area contributed by atoms with E-state index in [4.69, 9.17) is 4.42 Å². The Morgan fingerprint density at radius 1 is 1.12 bits per heavy atom. The molecule has 1 N–H and O–H groups in total. The van der Waals surface area contributed by atoms with Crippen LogP contribution in [0.5, 0.6) is 0 Å². The van der Waals surface area contributed by atoms with Gasteiger partial charge in [-0.25, -0.2) is 0 Å². The molecule has 1 aliphatic carbocycles. The van der Waals surface area contributed by atoms with Crippen LogP contribution >= 0.6 is 11.8 Å². The predicted octanol–water partition coefficient (Wildman–Crippen LogP) is 5.51. The molecule has 1 amide bonds. The number of para-hydroxylation sites is 1. The highest BCUT2D eigenvalue weighted by Gasteiger charge is 2.26. The molecular formula is C26H26N4O2S. The van der Waals surface area contributed by atoms with Gasteiger partial charge in [0.2, 0.25) is 5.91 Å². The molecule has 0 radical (unpaired) electrons. The molecule has 0 aliphatic heterocycles. The van der Waals surface area contributed by atoms with Gasteiger partial charge >= 0.3 is 0 Å². The second-order valence-electron chi connectivity index (χ2n) is 8.28. The molecule has 0 bridgehead atoms. The summed E-state index contributed by atoms with van der Waals surface area (Å²) in [6.45, 7) is 3.83.